The number of benzene rings is 1. The van der Waals surface area contributed by atoms with E-state index in [2.05, 4.69) is 49.9 Å². The second-order valence-electron chi connectivity index (χ2n) is 6.49. The Morgan fingerprint density at radius 3 is 2.56 bits per heavy atom. The van der Waals surface area contributed by atoms with Gasteiger partial charge in [-0.1, -0.05) is 45.0 Å². The summed E-state index contributed by atoms with van der Waals surface area (Å²) >= 11 is 0. The summed E-state index contributed by atoms with van der Waals surface area (Å²) in [6.45, 7) is 9.14. The smallest absolute Gasteiger partial charge is 0.0715 e. The maximum atomic E-state index is 10.2. The molecule has 0 aliphatic carbocycles. The molecule has 18 heavy (non-hydrogen) atoms. The van der Waals surface area contributed by atoms with Crippen LogP contribution in [0.1, 0.15) is 38.3 Å². The van der Waals surface area contributed by atoms with Gasteiger partial charge in [-0.25, -0.2) is 0 Å². The van der Waals surface area contributed by atoms with Crippen LogP contribution in [0.3, 0.4) is 0 Å². The van der Waals surface area contributed by atoms with Crippen LogP contribution in [0.4, 0.5) is 0 Å². The maximum absolute atomic E-state index is 10.2. The van der Waals surface area contributed by atoms with E-state index in [0.29, 0.717) is 0 Å². The summed E-state index contributed by atoms with van der Waals surface area (Å²) in [5.74, 6) is 0. The summed E-state index contributed by atoms with van der Waals surface area (Å²) < 4.78 is 0. The summed E-state index contributed by atoms with van der Waals surface area (Å²) in [7, 11) is 0. The van der Waals surface area contributed by atoms with E-state index < -0.39 is 0 Å². The van der Waals surface area contributed by atoms with Crippen molar-refractivity contribution in [3.63, 3.8) is 0 Å². The zero-order chi connectivity index (χ0) is 13.2. The van der Waals surface area contributed by atoms with Crippen molar-refractivity contribution in [3.05, 3.63) is 35.4 Å². The summed E-state index contributed by atoms with van der Waals surface area (Å²) in [5, 5.41) is 10.2. The van der Waals surface area contributed by atoms with Crippen LogP contribution >= 0.6 is 0 Å². The molecule has 1 atom stereocenters. The first-order valence-corrected chi connectivity index (χ1v) is 6.94. The fourth-order valence-corrected chi connectivity index (χ4v) is 2.44. The topological polar surface area (TPSA) is 23.5 Å². The number of rotatable bonds is 2. The van der Waals surface area contributed by atoms with Crippen LogP contribution in [-0.4, -0.2) is 29.2 Å². The number of hydrogen-bond acceptors (Lipinski definition) is 2. The minimum atomic E-state index is -0.261. The molecule has 1 heterocycles. The number of aliphatic hydroxyl groups is 1. The van der Waals surface area contributed by atoms with Crippen molar-refractivity contribution in [1.82, 2.24) is 4.90 Å². The average molecular weight is 247 g/mol. The third kappa shape index (κ3) is 3.33. The van der Waals surface area contributed by atoms with Gasteiger partial charge in [-0.05, 0) is 35.9 Å². The van der Waals surface area contributed by atoms with E-state index in [-0.39, 0.29) is 11.5 Å². The molecule has 0 aromatic heterocycles. The molecular formula is C16H25NO. The molecule has 2 rings (SSSR count). The molecule has 1 aliphatic rings. The highest BCUT2D eigenvalue weighted by Crippen LogP contribution is 2.23. The third-order valence-electron chi connectivity index (χ3n) is 3.86. The predicted octanol–water partition coefficient (Wildman–Crippen LogP) is 2.84. The van der Waals surface area contributed by atoms with Crippen molar-refractivity contribution in [1.29, 1.82) is 0 Å². The molecule has 1 aromatic rings. The molecule has 0 spiro atoms. The summed E-state index contributed by atoms with van der Waals surface area (Å²) in [6, 6.07) is 8.69. The van der Waals surface area contributed by atoms with Crippen molar-refractivity contribution >= 4 is 0 Å². The van der Waals surface area contributed by atoms with Gasteiger partial charge in [0.05, 0.1) is 6.10 Å². The molecule has 0 fully saturated rings. The molecule has 0 bridgehead atoms. The number of hydrogen-bond donors (Lipinski definition) is 1. The lowest BCUT2D eigenvalue weighted by Gasteiger charge is -2.31. The monoisotopic (exact) mass is 247 g/mol. The minimum Gasteiger partial charge on any atom is -0.391 e. The molecule has 1 aromatic carbocycles. The van der Waals surface area contributed by atoms with Crippen molar-refractivity contribution in [2.45, 2.75) is 46.3 Å². The van der Waals surface area contributed by atoms with Gasteiger partial charge in [0, 0.05) is 13.1 Å². The Morgan fingerprint density at radius 1 is 1.22 bits per heavy atom. The van der Waals surface area contributed by atoms with E-state index in [1.807, 2.05) is 0 Å². The maximum Gasteiger partial charge on any atom is 0.0715 e. The SMILES string of the molecule is CC(C)(C)C(O)CN1CCCc2ccccc2C1. The minimum absolute atomic E-state index is 0.0359. The van der Waals surface area contributed by atoms with Crippen LogP contribution in [0.2, 0.25) is 0 Å². The first kappa shape index (κ1) is 13.6. The van der Waals surface area contributed by atoms with Gasteiger partial charge in [0.25, 0.3) is 0 Å². The number of aryl methyl sites for hydroxylation is 1. The largest absolute Gasteiger partial charge is 0.391 e. The molecule has 0 saturated carbocycles. The first-order valence-electron chi connectivity index (χ1n) is 6.94. The molecule has 0 amide bonds. The van der Waals surface area contributed by atoms with Crippen LogP contribution in [0.25, 0.3) is 0 Å². The lowest BCUT2D eigenvalue weighted by Crippen LogP contribution is -2.39. The standard InChI is InChI=1S/C16H25NO/c1-16(2,3)15(18)12-17-10-6-9-13-7-4-5-8-14(13)11-17/h4-5,7-8,15,18H,6,9-12H2,1-3H3. The van der Waals surface area contributed by atoms with Crippen LogP contribution in [0, 0.1) is 5.41 Å². The van der Waals surface area contributed by atoms with E-state index in [9.17, 15) is 5.11 Å². The van der Waals surface area contributed by atoms with Gasteiger partial charge in [-0.3, -0.25) is 4.90 Å². The second kappa shape index (κ2) is 5.41. The Kier molecular flexibility index (Phi) is 4.08. The molecular weight excluding hydrogens is 222 g/mol. The summed E-state index contributed by atoms with van der Waals surface area (Å²) in [6.07, 6.45) is 2.09. The Balaban J connectivity index is 2.04. The van der Waals surface area contributed by atoms with Gasteiger partial charge < -0.3 is 5.11 Å². The highest BCUT2D eigenvalue weighted by molar-refractivity contribution is 5.28. The van der Waals surface area contributed by atoms with Gasteiger partial charge in [0.1, 0.15) is 0 Å². The predicted molar refractivity (Wildman–Crippen MR) is 75.5 cm³/mol. The van der Waals surface area contributed by atoms with Gasteiger partial charge in [-0.2, -0.15) is 0 Å². The van der Waals surface area contributed by atoms with Crippen LogP contribution in [-0.2, 0) is 13.0 Å². The van der Waals surface area contributed by atoms with Crippen molar-refractivity contribution in [2.75, 3.05) is 13.1 Å². The number of nitrogens with zero attached hydrogens (tertiary/aromatic N) is 1. The number of aliphatic hydroxyl groups excluding tert-OH is 1. The Hall–Kier alpha value is -0.860. The van der Waals surface area contributed by atoms with Crippen LogP contribution in [0.5, 0.6) is 0 Å². The third-order valence-corrected chi connectivity index (χ3v) is 3.86. The number of β-amino-alcohol motifs (C(OH)–C–C–N with tert-alkyl or cyclic N) is 1. The lowest BCUT2D eigenvalue weighted by molar-refractivity contribution is 0.0265. The zero-order valence-electron chi connectivity index (χ0n) is 11.8. The lowest BCUT2D eigenvalue weighted by atomic mass is 9.89. The quantitative estimate of drug-likeness (QED) is 0.868. The first-order chi connectivity index (χ1) is 8.47. The molecule has 2 nitrogen and oxygen atoms in total. The van der Waals surface area contributed by atoms with E-state index in [1.165, 1.54) is 17.5 Å². The zero-order valence-corrected chi connectivity index (χ0v) is 11.8. The highest BCUT2D eigenvalue weighted by Gasteiger charge is 2.25. The Morgan fingerprint density at radius 2 is 1.89 bits per heavy atom. The Labute approximate surface area is 111 Å². The van der Waals surface area contributed by atoms with Crippen LogP contribution in [0.15, 0.2) is 24.3 Å². The van der Waals surface area contributed by atoms with E-state index in [4.69, 9.17) is 0 Å². The van der Waals surface area contributed by atoms with Crippen LogP contribution < -0.4 is 0 Å². The summed E-state index contributed by atoms with van der Waals surface area (Å²) in [4.78, 5) is 2.39. The molecule has 0 saturated heterocycles. The molecule has 1 N–H and O–H groups in total. The fourth-order valence-electron chi connectivity index (χ4n) is 2.44. The highest BCUT2D eigenvalue weighted by atomic mass is 16.3. The van der Waals surface area contributed by atoms with Crippen molar-refractivity contribution in [3.8, 4) is 0 Å². The normalized spacial score (nSPS) is 19.1. The van der Waals surface area contributed by atoms with Gasteiger partial charge in [-0.15, -0.1) is 0 Å². The van der Waals surface area contributed by atoms with Gasteiger partial charge in [0.15, 0.2) is 0 Å². The Bertz CT molecular complexity index is 394. The average Bonchev–Trinajstić information content (AvgIpc) is 2.49. The van der Waals surface area contributed by atoms with Gasteiger partial charge in [0.2, 0.25) is 0 Å². The van der Waals surface area contributed by atoms with E-state index >= 15 is 0 Å². The van der Waals surface area contributed by atoms with E-state index in [0.717, 1.165) is 26.1 Å². The van der Waals surface area contributed by atoms with Crippen molar-refractivity contribution in [2.24, 2.45) is 5.41 Å². The second-order valence-corrected chi connectivity index (χ2v) is 6.49. The molecule has 0 radical (unpaired) electrons. The molecule has 1 unspecified atom stereocenters. The van der Waals surface area contributed by atoms with Gasteiger partial charge >= 0.3 is 0 Å². The number of fused-ring (bicyclic) bond motifs is 1. The van der Waals surface area contributed by atoms with Crippen molar-refractivity contribution < 1.29 is 5.11 Å². The fraction of sp³-hybridized carbons (Fsp3) is 0.625. The molecule has 2 heteroatoms. The molecule has 100 valence electrons. The summed E-state index contributed by atoms with van der Waals surface area (Å²) in [5.41, 5.74) is 2.87. The molecule has 1 aliphatic heterocycles. The van der Waals surface area contributed by atoms with E-state index in [1.54, 1.807) is 0 Å².